The van der Waals surface area contributed by atoms with Crippen molar-refractivity contribution >= 4 is 29.1 Å². The van der Waals surface area contributed by atoms with Crippen molar-refractivity contribution < 1.29 is 43.9 Å². The first-order valence-electron chi connectivity index (χ1n) is 10.4. The molecule has 34 heavy (non-hydrogen) atoms. The predicted octanol–water partition coefficient (Wildman–Crippen LogP) is 1.31. The molecule has 0 bridgehead atoms. The molecule has 1 aliphatic heterocycles. The normalized spacial score (nSPS) is 24.2. The lowest BCUT2D eigenvalue weighted by Gasteiger charge is -2.39. The summed E-state index contributed by atoms with van der Waals surface area (Å²) in [5, 5.41) is 47.9. The zero-order chi connectivity index (χ0) is 24.8. The van der Waals surface area contributed by atoms with Crippen LogP contribution in [0.2, 0.25) is 0 Å². The van der Waals surface area contributed by atoms with Gasteiger partial charge in [-0.25, -0.2) is 14.0 Å². The molecule has 184 valence electrons. The predicted molar refractivity (Wildman–Crippen MR) is 119 cm³/mol. The second-order valence-corrected chi connectivity index (χ2v) is 7.52. The molecule has 1 amide bonds. The molecule has 2 aromatic carbocycles. The Hall–Kier alpha value is -3.45. The van der Waals surface area contributed by atoms with E-state index in [1.165, 1.54) is 18.2 Å². The van der Waals surface area contributed by atoms with Crippen LogP contribution in [0.5, 0.6) is 0 Å². The van der Waals surface area contributed by atoms with Crippen LogP contribution >= 0.6 is 0 Å². The minimum atomic E-state index is -1.84. The van der Waals surface area contributed by atoms with Gasteiger partial charge in [-0.3, -0.25) is 5.32 Å². The quantitative estimate of drug-likeness (QED) is 0.293. The first kappa shape index (κ1) is 25.2. The zero-order valence-electron chi connectivity index (χ0n) is 18.1. The number of aliphatic hydroxyl groups is 3. The fourth-order valence-electron chi connectivity index (χ4n) is 3.32. The summed E-state index contributed by atoms with van der Waals surface area (Å²) in [7, 11) is 0. The van der Waals surface area contributed by atoms with Gasteiger partial charge in [-0.1, -0.05) is 12.1 Å². The minimum absolute atomic E-state index is 0.126. The molecular weight excluding hydrogens is 453 g/mol. The third-order valence-electron chi connectivity index (χ3n) is 5.10. The van der Waals surface area contributed by atoms with Gasteiger partial charge < -0.3 is 40.5 Å². The Bertz CT molecular complexity index is 1010. The number of nitrogens with one attached hydrogen (secondary N) is 3. The molecule has 0 unspecified atom stereocenters. The van der Waals surface area contributed by atoms with Gasteiger partial charge in [0.1, 0.15) is 24.1 Å². The number of carbonyl (C=O) groups excluding carboxylic acids is 1. The molecule has 2 aromatic rings. The number of carbonyl (C=O) groups is 2. The Labute approximate surface area is 194 Å². The smallest absolute Gasteiger partial charge is 0.411 e. The molecule has 1 aliphatic rings. The topological polar surface area (TPSA) is 170 Å². The van der Waals surface area contributed by atoms with Gasteiger partial charge in [0.25, 0.3) is 0 Å². The average Bonchev–Trinajstić information content (AvgIpc) is 2.80. The van der Waals surface area contributed by atoms with E-state index in [-0.39, 0.29) is 23.8 Å². The van der Waals surface area contributed by atoms with E-state index in [9.17, 15) is 34.4 Å². The van der Waals surface area contributed by atoms with Gasteiger partial charge in [0.15, 0.2) is 12.3 Å². The van der Waals surface area contributed by atoms with Crippen LogP contribution in [-0.2, 0) is 20.8 Å². The third kappa shape index (κ3) is 6.11. The number of hydrogen-bond acceptors (Lipinski definition) is 9. The molecule has 5 atom stereocenters. The Balaban J connectivity index is 1.83. The standard InChI is InChI=1S/C22H26FN3O8/c1-2-33-22(32)26-14-8-7-13(24-10-11-3-5-12(23)6-4-11)9-15(14)25-20-18(29)16(27)17(28)19(34-20)21(30)31/h3-9,16-20,24-25,27-29H,2,10H2,1H3,(H,26,32)(H,30,31)/t16-,17-,18+,19-,20+/m0/s1. The SMILES string of the molecule is CCOC(=O)Nc1ccc(NCc2ccc(F)cc2)cc1N[C@@H]1O[C@H](C(=O)O)[C@@H](O)[C@H](O)[C@H]1O. The van der Waals surface area contributed by atoms with Crippen molar-refractivity contribution in [3.05, 3.63) is 53.8 Å². The lowest BCUT2D eigenvalue weighted by molar-refractivity contribution is -0.221. The fourth-order valence-corrected chi connectivity index (χ4v) is 3.32. The Morgan fingerprint density at radius 1 is 1.03 bits per heavy atom. The summed E-state index contributed by atoms with van der Waals surface area (Å²) in [6.07, 6.45) is -9.30. The van der Waals surface area contributed by atoms with Crippen molar-refractivity contribution in [2.45, 2.75) is 44.1 Å². The Kier molecular flexibility index (Phi) is 8.23. The Morgan fingerprint density at radius 2 is 1.74 bits per heavy atom. The summed E-state index contributed by atoms with van der Waals surface area (Å²) < 4.78 is 23.3. The van der Waals surface area contributed by atoms with Crippen LogP contribution in [0.1, 0.15) is 12.5 Å². The molecule has 1 saturated heterocycles. The maximum Gasteiger partial charge on any atom is 0.411 e. The number of aliphatic carboxylic acids is 1. The van der Waals surface area contributed by atoms with Crippen molar-refractivity contribution in [2.75, 3.05) is 22.6 Å². The summed E-state index contributed by atoms with van der Waals surface area (Å²) in [4.78, 5) is 23.3. The summed E-state index contributed by atoms with van der Waals surface area (Å²) in [6, 6.07) is 10.6. The van der Waals surface area contributed by atoms with Crippen LogP contribution in [0.15, 0.2) is 42.5 Å². The highest BCUT2D eigenvalue weighted by Gasteiger charge is 2.47. The molecule has 1 fully saturated rings. The second kappa shape index (κ2) is 11.1. The molecule has 3 rings (SSSR count). The second-order valence-electron chi connectivity index (χ2n) is 7.52. The van der Waals surface area contributed by atoms with Crippen LogP contribution in [-0.4, -0.2) is 69.7 Å². The van der Waals surface area contributed by atoms with E-state index >= 15 is 0 Å². The molecule has 0 radical (unpaired) electrons. The molecular formula is C22H26FN3O8. The van der Waals surface area contributed by atoms with Gasteiger partial charge in [-0.05, 0) is 42.8 Å². The van der Waals surface area contributed by atoms with Gasteiger partial charge in [0, 0.05) is 12.2 Å². The molecule has 0 saturated carbocycles. The van der Waals surface area contributed by atoms with Gasteiger partial charge in [0.05, 0.1) is 18.0 Å². The lowest BCUT2D eigenvalue weighted by atomic mass is 9.98. The number of halogens is 1. The van der Waals surface area contributed by atoms with E-state index in [1.54, 1.807) is 31.2 Å². The molecule has 0 spiro atoms. The van der Waals surface area contributed by atoms with Gasteiger partial charge >= 0.3 is 12.1 Å². The molecule has 12 heteroatoms. The minimum Gasteiger partial charge on any atom is -0.479 e. The average molecular weight is 479 g/mol. The van der Waals surface area contributed by atoms with E-state index in [1.807, 2.05) is 0 Å². The number of anilines is 3. The molecule has 0 aliphatic carbocycles. The van der Waals surface area contributed by atoms with E-state index in [0.29, 0.717) is 12.2 Å². The highest BCUT2D eigenvalue weighted by molar-refractivity contribution is 5.90. The van der Waals surface area contributed by atoms with Gasteiger partial charge in [0.2, 0.25) is 0 Å². The number of amides is 1. The maximum absolute atomic E-state index is 13.1. The molecule has 0 aromatic heterocycles. The summed E-state index contributed by atoms with van der Waals surface area (Å²) in [5.41, 5.74) is 1.78. The van der Waals surface area contributed by atoms with Gasteiger partial charge in [-0.2, -0.15) is 0 Å². The molecule has 11 nitrogen and oxygen atoms in total. The van der Waals surface area contributed by atoms with Crippen molar-refractivity contribution in [3.63, 3.8) is 0 Å². The molecule has 7 N–H and O–H groups in total. The highest BCUT2D eigenvalue weighted by Crippen LogP contribution is 2.30. The number of ether oxygens (including phenoxy) is 2. The monoisotopic (exact) mass is 479 g/mol. The third-order valence-corrected chi connectivity index (χ3v) is 5.10. The fraction of sp³-hybridized carbons (Fsp3) is 0.364. The van der Waals surface area contributed by atoms with E-state index in [4.69, 9.17) is 9.47 Å². The highest BCUT2D eigenvalue weighted by atomic mass is 19.1. The van der Waals surface area contributed by atoms with Crippen molar-refractivity contribution in [1.29, 1.82) is 0 Å². The van der Waals surface area contributed by atoms with E-state index in [0.717, 1.165) is 5.56 Å². The van der Waals surface area contributed by atoms with Gasteiger partial charge in [-0.15, -0.1) is 0 Å². The van der Waals surface area contributed by atoms with Crippen molar-refractivity contribution in [3.8, 4) is 0 Å². The van der Waals surface area contributed by atoms with Crippen LogP contribution in [0.3, 0.4) is 0 Å². The van der Waals surface area contributed by atoms with Crippen molar-refractivity contribution in [1.82, 2.24) is 0 Å². The summed E-state index contributed by atoms with van der Waals surface area (Å²) in [5.74, 6) is -1.88. The number of benzene rings is 2. The number of aliphatic hydroxyl groups excluding tert-OH is 3. The van der Waals surface area contributed by atoms with Crippen LogP contribution < -0.4 is 16.0 Å². The largest absolute Gasteiger partial charge is 0.479 e. The van der Waals surface area contributed by atoms with E-state index < -0.39 is 42.7 Å². The Morgan fingerprint density at radius 3 is 2.38 bits per heavy atom. The van der Waals surface area contributed by atoms with Crippen LogP contribution in [0.25, 0.3) is 0 Å². The number of hydrogen-bond donors (Lipinski definition) is 7. The number of carboxylic acids is 1. The van der Waals surface area contributed by atoms with E-state index in [2.05, 4.69) is 16.0 Å². The number of carboxylic acid groups (broad SMARTS) is 1. The maximum atomic E-state index is 13.1. The molecule has 1 heterocycles. The van der Waals surface area contributed by atoms with Crippen LogP contribution in [0.4, 0.5) is 26.2 Å². The summed E-state index contributed by atoms with van der Waals surface area (Å²) >= 11 is 0. The van der Waals surface area contributed by atoms with Crippen LogP contribution in [0, 0.1) is 5.82 Å². The first-order valence-corrected chi connectivity index (χ1v) is 10.4. The summed E-state index contributed by atoms with van der Waals surface area (Å²) in [6.45, 7) is 2.10. The zero-order valence-corrected chi connectivity index (χ0v) is 18.1. The van der Waals surface area contributed by atoms with Crippen molar-refractivity contribution in [2.24, 2.45) is 0 Å². The first-order chi connectivity index (χ1) is 16.2. The lowest BCUT2D eigenvalue weighted by Crippen LogP contribution is -2.61. The number of rotatable bonds is 8.